The summed E-state index contributed by atoms with van der Waals surface area (Å²) in [5.41, 5.74) is 4.29. The Morgan fingerprint density at radius 1 is 1.14 bits per heavy atom. The Morgan fingerprint density at radius 2 is 1.79 bits per heavy atom. The minimum atomic E-state index is -0.432. The molecule has 0 saturated heterocycles. The van der Waals surface area contributed by atoms with E-state index in [-0.39, 0.29) is 11.0 Å². The molecule has 1 amide bonds. The van der Waals surface area contributed by atoms with Crippen LogP contribution in [0.25, 0.3) is 0 Å². The van der Waals surface area contributed by atoms with Crippen molar-refractivity contribution in [1.29, 1.82) is 5.26 Å². The number of aryl methyl sites for hydroxylation is 1. The summed E-state index contributed by atoms with van der Waals surface area (Å²) in [6, 6.07) is 18.2. The summed E-state index contributed by atoms with van der Waals surface area (Å²) in [4.78, 5) is 14.4. The van der Waals surface area contributed by atoms with Crippen molar-refractivity contribution in [1.82, 2.24) is 5.32 Å². The maximum absolute atomic E-state index is 12.5. The first-order chi connectivity index (χ1) is 13.3. The van der Waals surface area contributed by atoms with Crippen LogP contribution in [-0.2, 0) is 16.6 Å². The van der Waals surface area contributed by atoms with Crippen LogP contribution in [0, 0.1) is 11.3 Å². The van der Waals surface area contributed by atoms with Gasteiger partial charge in [-0.15, -0.1) is 12.6 Å². The summed E-state index contributed by atoms with van der Waals surface area (Å²) < 4.78 is 0. The van der Waals surface area contributed by atoms with Crippen molar-refractivity contribution in [2.75, 3.05) is 4.90 Å². The van der Waals surface area contributed by atoms with Gasteiger partial charge in [0.1, 0.15) is 17.8 Å². The van der Waals surface area contributed by atoms with E-state index < -0.39 is 12.1 Å². The number of carbonyl (C=O) groups is 1. The Labute approximate surface area is 172 Å². The predicted molar refractivity (Wildman–Crippen MR) is 116 cm³/mol. The molecular formula is C23H25N3OS. The molecule has 2 aromatic rings. The molecule has 0 aliphatic carbocycles. The minimum absolute atomic E-state index is 0.0248. The average molecular weight is 392 g/mol. The number of rotatable bonds is 3. The highest BCUT2D eigenvalue weighted by atomic mass is 32.1. The lowest BCUT2D eigenvalue weighted by Gasteiger charge is -2.39. The lowest BCUT2D eigenvalue weighted by atomic mass is 9.86. The molecule has 1 aliphatic rings. The van der Waals surface area contributed by atoms with Crippen LogP contribution >= 0.6 is 12.6 Å². The van der Waals surface area contributed by atoms with Crippen LogP contribution in [0.5, 0.6) is 0 Å². The molecule has 0 saturated carbocycles. The van der Waals surface area contributed by atoms with Gasteiger partial charge in [-0.3, -0.25) is 4.79 Å². The van der Waals surface area contributed by atoms with Gasteiger partial charge in [-0.1, -0.05) is 70.2 Å². The Morgan fingerprint density at radius 3 is 2.36 bits per heavy atom. The third kappa shape index (κ3) is 3.65. The summed E-state index contributed by atoms with van der Waals surface area (Å²) in [5, 5.41) is 12.8. The van der Waals surface area contributed by atoms with Gasteiger partial charge < -0.3 is 10.2 Å². The van der Waals surface area contributed by atoms with Crippen LogP contribution in [-0.4, -0.2) is 5.91 Å². The van der Waals surface area contributed by atoms with Gasteiger partial charge >= 0.3 is 0 Å². The summed E-state index contributed by atoms with van der Waals surface area (Å²) >= 11 is 4.59. The normalized spacial score (nSPS) is 17.4. The van der Waals surface area contributed by atoms with Crippen molar-refractivity contribution in [2.24, 2.45) is 0 Å². The Kier molecular flexibility index (Phi) is 5.53. The van der Waals surface area contributed by atoms with Crippen molar-refractivity contribution in [3.8, 4) is 6.07 Å². The number of nitrogens with zero attached hydrogens (tertiary/aromatic N) is 2. The molecular weight excluding hydrogens is 366 g/mol. The highest BCUT2D eigenvalue weighted by molar-refractivity contribution is 7.84. The lowest BCUT2D eigenvalue weighted by Crippen LogP contribution is -2.46. The van der Waals surface area contributed by atoms with E-state index >= 15 is 0 Å². The van der Waals surface area contributed by atoms with E-state index in [9.17, 15) is 10.1 Å². The van der Waals surface area contributed by atoms with Crippen LogP contribution in [0.15, 0.2) is 59.1 Å². The number of amides is 1. The number of nitriles is 1. The molecule has 28 heavy (non-hydrogen) atoms. The number of hydrogen-bond donors (Lipinski definition) is 2. The van der Waals surface area contributed by atoms with Crippen molar-refractivity contribution in [3.63, 3.8) is 0 Å². The monoisotopic (exact) mass is 391 g/mol. The Hall–Kier alpha value is -2.71. The second-order valence-electron chi connectivity index (χ2n) is 7.91. The largest absolute Gasteiger partial charge is 0.327 e. The minimum Gasteiger partial charge on any atom is -0.327 e. The molecule has 1 N–H and O–H groups in total. The predicted octanol–water partition coefficient (Wildman–Crippen LogP) is 4.85. The van der Waals surface area contributed by atoms with Crippen LogP contribution in [0.3, 0.4) is 0 Å². The molecule has 0 bridgehead atoms. The van der Waals surface area contributed by atoms with Gasteiger partial charge in [0, 0.05) is 5.69 Å². The number of hydrogen-bond acceptors (Lipinski definition) is 4. The molecule has 0 aromatic heterocycles. The number of thiol groups is 1. The van der Waals surface area contributed by atoms with Crippen molar-refractivity contribution < 1.29 is 4.79 Å². The first-order valence-electron chi connectivity index (χ1n) is 9.39. The van der Waals surface area contributed by atoms with Crippen LogP contribution < -0.4 is 10.2 Å². The van der Waals surface area contributed by atoms with Gasteiger partial charge in [0.15, 0.2) is 0 Å². The molecule has 5 heteroatoms. The SMILES string of the molecule is CCc1ccccc1N1C(S)=C(C#N)C(=O)N[C@H]1c1ccc(C(C)(C)C)cc1. The third-order valence-electron chi connectivity index (χ3n) is 5.04. The van der Waals surface area contributed by atoms with Gasteiger partial charge in [-0.25, -0.2) is 0 Å². The van der Waals surface area contributed by atoms with Crippen LogP contribution in [0.1, 0.15) is 50.6 Å². The Bertz CT molecular complexity index is 965. The third-order valence-corrected chi connectivity index (χ3v) is 5.48. The first kappa shape index (κ1) is 20.0. The van der Waals surface area contributed by atoms with Crippen molar-refractivity contribution in [2.45, 2.75) is 45.7 Å². The molecule has 2 aromatic carbocycles. The number of anilines is 1. The fourth-order valence-corrected chi connectivity index (χ4v) is 3.78. The first-order valence-corrected chi connectivity index (χ1v) is 9.84. The summed E-state index contributed by atoms with van der Waals surface area (Å²) in [5.74, 6) is -0.400. The topological polar surface area (TPSA) is 56.1 Å². The molecule has 0 spiro atoms. The molecule has 0 fully saturated rings. The van der Waals surface area contributed by atoms with Gasteiger partial charge in [0.25, 0.3) is 5.91 Å². The number of para-hydroxylation sites is 1. The van der Waals surface area contributed by atoms with E-state index in [1.54, 1.807) is 0 Å². The number of benzene rings is 2. The zero-order valence-corrected chi connectivity index (χ0v) is 17.5. The number of nitrogens with one attached hydrogen (secondary N) is 1. The second-order valence-corrected chi connectivity index (χ2v) is 8.33. The van der Waals surface area contributed by atoms with E-state index in [4.69, 9.17) is 0 Å². The summed E-state index contributed by atoms with van der Waals surface area (Å²) in [6.07, 6.45) is 0.401. The highest BCUT2D eigenvalue weighted by Gasteiger charge is 2.34. The second kappa shape index (κ2) is 7.73. The molecule has 1 aliphatic heterocycles. The molecule has 3 rings (SSSR count). The van der Waals surface area contributed by atoms with Crippen molar-refractivity contribution >= 4 is 24.2 Å². The highest BCUT2D eigenvalue weighted by Crippen LogP contribution is 2.38. The van der Waals surface area contributed by atoms with Gasteiger partial charge in [0.05, 0.1) is 5.03 Å². The molecule has 4 nitrogen and oxygen atoms in total. The molecule has 0 radical (unpaired) electrons. The van der Waals surface area contributed by atoms with Gasteiger partial charge in [-0.05, 0) is 34.6 Å². The molecule has 144 valence electrons. The quantitative estimate of drug-likeness (QED) is 0.736. The van der Waals surface area contributed by atoms with E-state index in [1.807, 2.05) is 41.3 Å². The zero-order valence-electron chi connectivity index (χ0n) is 16.7. The van der Waals surface area contributed by atoms with E-state index in [2.05, 4.69) is 63.8 Å². The maximum atomic E-state index is 12.5. The Balaban J connectivity index is 2.14. The molecule has 1 atom stereocenters. The standard InChI is InChI=1S/C23H25N3OS/c1-5-15-8-6-7-9-19(15)26-20(25-21(27)18(14-24)22(26)28)16-10-12-17(13-11-16)23(2,3)4/h6-13,20,28H,5H2,1-4H3,(H,25,27)/t20-/m1/s1. The summed E-state index contributed by atoms with van der Waals surface area (Å²) in [7, 11) is 0. The van der Waals surface area contributed by atoms with Crippen molar-refractivity contribution in [3.05, 3.63) is 75.8 Å². The maximum Gasteiger partial charge on any atom is 0.266 e. The smallest absolute Gasteiger partial charge is 0.266 e. The number of carbonyl (C=O) groups excluding carboxylic acids is 1. The molecule has 0 unspecified atom stereocenters. The van der Waals surface area contributed by atoms with Crippen LogP contribution in [0.4, 0.5) is 5.69 Å². The van der Waals surface area contributed by atoms with E-state index in [0.717, 1.165) is 23.2 Å². The zero-order chi connectivity index (χ0) is 20.5. The summed E-state index contributed by atoms with van der Waals surface area (Å²) in [6.45, 7) is 8.59. The molecule has 1 heterocycles. The van der Waals surface area contributed by atoms with Gasteiger partial charge in [0.2, 0.25) is 0 Å². The van der Waals surface area contributed by atoms with E-state index in [0.29, 0.717) is 5.03 Å². The fourth-order valence-electron chi connectivity index (χ4n) is 3.40. The van der Waals surface area contributed by atoms with Gasteiger partial charge in [-0.2, -0.15) is 5.26 Å². The van der Waals surface area contributed by atoms with E-state index in [1.165, 1.54) is 5.56 Å². The lowest BCUT2D eigenvalue weighted by molar-refractivity contribution is -0.118. The average Bonchev–Trinajstić information content (AvgIpc) is 2.67. The van der Waals surface area contributed by atoms with Crippen LogP contribution in [0.2, 0.25) is 0 Å². The fraction of sp³-hybridized carbons (Fsp3) is 0.304.